The van der Waals surface area contributed by atoms with Crippen molar-refractivity contribution < 1.29 is 19.1 Å². The summed E-state index contributed by atoms with van der Waals surface area (Å²) in [6, 6.07) is 9.58. The number of benzene rings is 1. The van der Waals surface area contributed by atoms with Gasteiger partial charge in [0.1, 0.15) is 6.61 Å². The Kier molecular flexibility index (Phi) is 7.38. The van der Waals surface area contributed by atoms with Crippen LogP contribution in [0, 0.1) is 0 Å². The number of nitrogens with zero attached hydrogens (tertiary/aromatic N) is 1. The molecule has 2 rings (SSSR count). The molecule has 0 fully saturated rings. The van der Waals surface area contributed by atoms with E-state index in [1.165, 1.54) is 11.3 Å². The van der Waals surface area contributed by atoms with Gasteiger partial charge in [-0.3, -0.25) is 10.1 Å². The number of hydrogen-bond acceptors (Lipinski definition) is 6. The third kappa shape index (κ3) is 5.75. The molecule has 1 N–H and O–H groups in total. The summed E-state index contributed by atoms with van der Waals surface area (Å²) in [5.74, 6) is -1.77. The van der Waals surface area contributed by atoms with E-state index < -0.39 is 11.9 Å². The standard InChI is InChI=1S/C17H20N2O4S/c1-2-3-9-22-10-11-23-16(21)15(20)19-17-18-14(12-24-17)13-7-5-4-6-8-13/h4-8,12H,2-3,9-11H2,1H3,(H,18,19,20). The number of ether oxygens (including phenoxy) is 2. The Labute approximate surface area is 144 Å². The van der Waals surface area contributed by atoms with Crippen LogP contribution in [0.15, 0.2) is 35.7 Å². The largest absolute Gasteiger partial charge is 0.456 e. The maximum absolute atomic E-state index is 11.8. The number of unbranched alkanes of at least 4 members (excludes halogenated alkanes) is 1. The lowest BCUT2D eigenvalue weighted by atomic mass is 10.2. The summed E-state index contributed by atoms with van der Waals surface area (Å²) in [4.78, 5) is 27.7. The van der Waals surface area contributed by atoms with E-state index in [2.05, 4.69) is 17.2 Å². The molecule has 6 nitrogen and oxygen atoms in total. The molecule has 2 aromatic rings. The molecule has 1 aromatic carbocycles. The van der Waals surface area contributed by atoms with E-state index in [9.17, 15) is 9.59 Å². The second-order valence-corrected chi connectivity index (χ2v) is 5.82. The molecule has 24 heavy (non-hydrogen) atoms. The summed E-state index contributed by atoms with van der Waals surface area (Å²) in [6.45, 7) is 3.04. The molecule has 1 amide bonds. The zero-order valence-electron chi connectivity index (χ0n) is 13.5. The second-order valence-electron chi connectivity index (χ2n) is 4.96. The van der Waals surface area contributed by atoms with Gasteiger partial charge in [-0.2, -0.15) is 0 Å². The highest BCUT2D eigenvalue weighted by Gasteiger charge is 2.17. The molecule has 0 aliphatic heterocycles. The monoisotopic (exact) mass is 348 g/mol. The van der Waals surface area contributed by atoms with Crippen molar-refractivity contribution in [1.29, 1.82) is 0 Å². The van der Waals surface area contributed by atoms with Gasteiger partial charge in [-0.05, 0) is 6.42 Å². The van der Waals surface area contributed by atoms with Crippen molar-refractivity contribution in [2.75, 3.05) is 25.1 Å². The van der Waals surface area contributed by atoms with Gasteiger partial charge in [0, 0.05) is 17.6 Å². The Balaban J connectivity index is 1.76. The van der Waals surface area contributed by atoms with Crippen LogP contribution in [0.2, 0.25) is 0 Å². The number of aromatic nitrogens is 1. The lowest BCUT2D eigenvalue weighted by molar-refractivity contribution is -0.153. The van der Waals surface area contributed by atoms with Crippen LogP contribution in [0.4, 0.5) is 5.13 Å². The topological polar surface area (TPSA) is 77.5 Å². The first-order valence-electron chi connectivity index (χ1n) is 7.77. The van der Waals surface area contributed by atoms with Gasteiger partial charge in [-0.15, -0.1) is 11.3 Å². The summed E-state index contributed by atoms with van der Waals surface area (Å²) >= 11 is 1.25. The van der Waals surface area contributed by atoms with Gasteiger partial charge in [0.05, 0.1) is 12.3 Å². The number of carbonyl (C=O) groups excluding carboxylic acids is 2. The quantitative estimate of drug-likeness (QED) is 0.450. The van der Waals surface area contributed by atoms with Crippen LogP contribution in [-0.4, -0.2) is 36.7 Å². The number of nitrogens with one attached hydrogen (secondary N) is 1. The summed E-state index contributed by atoms with van der Waals surface area (Å²) in [6.07, 6.45) is 2.00. The highest BCUT2D eigenvalue weighted by Crippen LogP contribution is 2.24. The van der Waals surface area contributed by atoms with Gasteiger partial charge in [-0.25, -0.2) is 9.78 Å². The minimum atomic E-state index is -0.939. The maximum Gasteiger partial charge on any atom is 0.397 e. The maximum atomic E-state index is 11.8. The average molecular weight is 348 g/mol. The summed E-state index contributed by atoms with van der Waals surface area (Å²) in [5, 5.41) is 4.62. The number of esters is 1. The first-order valence-corrected chi connectivity index (χ1v) is 8.65. The molecule has 1 heterocycles. The van der Waals surface area contributed by atoms with E-state index in [0.29, 0.717) is 11.7 Å². The summed E-state index contributed by atoms with van der Waals surface area (Å²) in [7, 11) is 0. The molecule has 0 saturated heterocycles. The molecule has 0 aliphatic rings. The van der Waals surface area contributed by atoms with E-state index in [1.807, 2.05) is 35.7 Å². The molecule has 0 bridgehead atoms. The zero-order valence-corrected chi connectivity index (χ0v) is 14.3. The fourth-order valence-electron chi connectivity index (χ4n) is 1.83. The molecule has 128 valence electrons. The average Bonchev–Trinajstić information content (AvgIpc) is 3.07. The Bertz CT molecular complexity index is 658. The van der Waals surface area contributed by atoms with Crippen molar-refractivity contribution in [3.8, 4) is 11.3 Å². The zero-order chi connectivity index (χ0) is 17.2. The Morgan fingerprint density at radius 1 is 1.17 bits per heavy atom. The van der Waals surface area contributed by atoms with E-state index in [0.717, 1.165) is 24.1 Å². The molecule has 0 unspecified atom stereocenters. The second kappa shape index (κ2) is 9.79. The molecule has 0 radical (unpaired) electrons. The fraction of sp³-hybridized carbons (Fsp3) is 0.353. The van der Waals surface area contributed by atoms with Crippen molar-refractivity contribution >= 4 is 28.3 Å². The van der Waals surface area contributed by atoms with Crippen molar-refractivity contribution in [3.05, 3.63) is 35.7 Å². The number of hydrogen-bond donors (Lipinski definition) is 1. The van der Waals surface area contributed by atoms with Gasteiger partial charge >= 0.3 is 11.9 Å². The van der Waals surface area contributed by atoms with Crippen LogP contribution in [0.25, 0.3) is 11.3 Å². The van der Waals surface area contributed by atoms with Crippen molar-refractivity contribution in [2.24, 2.45) is 0 Å². The minimum absolute atomic E-state index is 0.0586. The third-order valence-corrected chi connectivity index (χ3v) is 3.84. The van der Waals surface area contributed by atoms with Crippen molar-refractivity contribution in [1.82, 2.24) is 4.98 Å². The number of rotatable bonds is 8. The molecule has 7 heteroatoms. The van der Waals surface area contributed by atoms with Crippen LogP contribution in [0.1, 0.15) is 19.8 Å². The molecule has 0 atom stereocenters. The van der Waals surface area contributed by atoms with Gasteiger partial charge < -0.3 is 9.47 Å². The highest BCUT2D eigenvalue weighted by molar-refractivity contribution is 7.14. The predicted octanol–water partition coefficient (Wildman–Crippen LogP) is 3.11. The van der Waals surface area contributed by atoms with E-state index in [4.69, 9.17) is 9.47 Å². The third-order valence-electron chi connectivity index (χ3n) is 3.08. The van der Waals surface area contributed by atoms with Crippen LogP contribution in [-0.2, 0) is 19.1 Å². The van der Waals surface area contributed by atoms with E-state index in [-0.39, 0.29) is 13.2 Å². The number of anilines is 1. The van der Waals surface area contributed by atoms with Crippen LogP contribution >= 0.6 is 11.3 Å². The van der Waals surface area contributed by atoms with Crippen LogP contribution in [0.5, 0.6) is 0 Å². The normalized spacial score (nSPS) is 10.4. The van der Waals surface area contributed by atoms with Crippen molar-refractivity contribution in [2.45, 2.75) is 19.8 Å². The highest BCUT2D eigenvalue weighted by atomic mass is 32.1. The summed E-state index contributed by atoms with van der Waals surface area (Å²) < 4.78 is 10.1. The lowest BCUT2D eigenvalue weighted by Gasteiger charge is -2.05. The number of thiazole rings is 1. The number of amides is 1. The SMILES string of the molecule is CCCCOCCOC(=O)C(=O)Nc1nc(-c2ccccc2)cs1. The van der Waals surface area contributed by atoms with Crippen LogP contribution in [0.3, 0.4) is 0 Å². The molecular weight excluding hydrogens is 328 g/mol. The predicted molar refractivity (Wildman–Crippen MR) is 92.9 cm³/mol. The smallest absolute Gasteiger partial charge is 0.397 e. The van der Waals surface area contributed by atoms with E-state index >= 15 is 0 Å². The van der Waals surface area contributed by atoms with Gasteiger partial charge in [0.25, 0.3) is 0 Å². The first kappa shape index (κ1) is 18.1. The Morgan fingerprint density at radius 2 is 1.96 bits per heavy atom. The Hall–Kier alpha value is -2.25. The molecular formula is C17H20N2O4S. The molecule has 0 spiro atoms. The minimum Gasteiger partial charge on any atom is -0.456 e. The van der Waals surface area contributed by atoms with Crippen LogP contribution < -0.4 is 5.32 Å². The molecule has 1 aromatic heterocycles. The Morgan fingerprint density at radius 3 is 2.71 bits per heavy atom. The molecule has 0 aliphatic carbocycles. The van der Waals surface area contributed by atoms with Gasteiger partial charge in [0.15, 0.2) is 5.13 Å². The van der Waals surface area contributed by atoms with Crippen molar-refractivity contribution in [3.63, 3.8) is 0 Å². The first-order chi connectivity index (χ1) is 11.7. The van der Waals surface area contributed by atoms with E-state index in [1.54, 1.807) is 0 Å². The lowest BCUT2D eigenvalue weighted by Crippen LogP contribution is -2.26. The number of carbonyl (C=O) groups is 2. The molecule has 0 saturated carbocycles. The fourth-order valence-corrected chi connectivity index (χ4v) is 2.54. The van der Waals surface area contributed by atoms with Gasteiger partial charge in [0.2, 0.25) is 0 Å². The van der Waals surface area contributed by atoms with Gasteiger partial charge in [-0.1, -0.05) is 43.7 Å². The summed E-state index contributed by atoms with van der Waals surface area (Å²) in [5.41, 5.74) is 1.69.